The van der Waals surface area contributed by atoms with Gasteiger partial charge in [0.15, 0.2) is 0 Å². The molecule has 4 rings (SSSR count). The SMILES string of the molecule is O=C1C(c2cccs2)=C(N2CCCCC2)C(=O)N1c1cccc(C(F)(F)F)c1. The highest BCUT2D eigenvalue weighted by Crippen LogP contribution is 2.39. The molecule has 1 aromatic carbocycles. The van der Waals surface area contributed by atoms with E-state index in [2.05, 4.69) is 0 Å². The van der Waals surface area contributed by atoms with E-state index in [1.165, 1.54) is 23.5 Å². The minimum Gasteiger partial charge on any atom is -0.366 e. The molecule has 0 radical (unpaired) electrons. The maximum atomic E-state index is 13.2. The van der Waals surface area contributed by atoms with E-state index < -0.39 is 23.6 Å². The molecule has 28 heavy (non-hydrogen) atoms. The average Bonchev–Trinajstić information content (AvgIpc) is 3.28. The van der Waals surface area contributed by atoms with E-state index in [4.69, 9.17) is 0 Å². The molecule has 1 fully saturated rings. The lowest BCUT2D eigenvalue weighted by molar-refractivity contribution is -0.137. The number of hydrogen-bond donors (Lipinski definition) is 0. The molecule has 3 heterocycles. The summed E-state index contributed by atoms with van der Waals surface area (Å²) in [7, 11) is 0. The van der Waals surface area contributed by atoms with Crippen LogP contribution in [-0.4, -0.2) is 29.8 Å². The van der Waals surface area contributed by atoms with E-state index in [0.29, 0.717) is 23.7 Å². The first-order chi connectivity index (χ1) is 13.4. The van der Waals surface area contributed by atoms with Gasteiger partial charge >= 0.3 is 6.18 Å². The highest BCUT2D eigenvalue weighted by atomic mass is 32.1. The standard InChI is InChI=1S/C20H17F3N2O2S/c21-20(22,23)13-6-4-7-14(12-13)25-18(26)16(15-8-5-11-28-15)17(19(25)27)24-9-2-1-3-10-24/h4-8,11-12H,1-3,9-10H2. The van der Waals surface area contributed by atoms with Gasteiger partial charge in [-0.3, -0.25) is 9.59 Å². The van der Waals surface area contributed by atoms with Crippen molar-refractivity contribution in [3.05, 3.63) is 57.9 Å². The van der Waals surface area contributed by atoms with Crippen molar-refractivity contribution < 1.29 is 22.8 Å². The van der Waals surface area contributed by atoms with E-state index >= 15 is 0 Å². The quantitative estimate of drug-likeness (QED) is 0.703. The summed E-state index contributed by atoms with van der Waals surface area (Å²) in [5.41, 5.74) is -0.385. The topological polar surface area (TPSA) is 40.6 Å². The second kappa shape index (κ2) is 7.09. The van der Waals surface area contributed by atoms with Crippen molar-refractivity contribution in [2.75, 3.05) is 18.0 Å². The van der Waals surface area contributed by atoms with Crippen LogP contribution in [-0.2, 0) is 15.8 Å². The molecule has 2 aromatic rings. The van der Waals surface area contributed by atoms with Crippen LogP contribution in [0.25, 0.3) is 5.57 Å². The zero-order chi connectivity index (χ0) is 19.9. The number of amides is 2. The van der Waals surface area contributed by atoms with Gasteiger partial charge in [-0.15, -0.1) is 11.3 Å². The van der Waals surface area contributed by atoms with Crippen LogP contribution in [0.4, 0.5) is 18.9 Å². The highest BCUT2D eigenvalue weighted by Gasteiger charge is 2.43. The van der Waals surface area contributed by atoms with Gasteiger partial charge < -0.3 is 4.90 Å². The Morgan fingerprint density at radius 1 is 0.929 bits per heavy atom. The maximum absolute atomic E-state index is 13.2. The Balaban J connectivity index is 1.79. The summed E-state index contributed by atoms with van der Waals surface area (Å²) in [6.07, 6.45) is -1.68. The molecule has 0 bridgehead atoms. The van der Waals surface area contributed by atoms with Gasteiger partial charge in [-0.25, -0.2) is 4.90 Å². The van der Waals surface area contributed by atoms with E-state index in [1.54, 1.807) is 17.5 Å². The fourth-order valence-electron chi connectivity index (χ4n) is 3.63. The van der Waals surface area contributed by atoms with Gasteiger partial charge in [0.25, 0.3) is 11.8 Å². The van der Waals surface area contributed by atoms with Crippen LogP contribution in [0, 0.1) is 0 Å². The third-order valence-corrected chi connectivity index (χ3v) is 5.82. The fraction of sp³-hybridized carbons (Fsp3) is 0.300. The smallest absolute Gasteiger partial charge is 0.366 e. The number of benzene rings is 1. The zero-order valence-electron chi connectivity index (χ0n) is 14.8. The number of hydrogen-bond acceptors (Lipinski definition) is 4. The van der Waals surface area contributed by atoms with Crippen molar-refractivity contribution in [1.29, 1.82) is 0 Å². The number of nitrogens with zero attached hydrogens (tertiary/aromatic N) is 2. The number of carbonyl (C=O) groups is 2. The molecule has 2 aliphatic heterocycles. The second-order valence-electron chi connectivity index (χ2n) is 6.74. The molecule has 1 saturated heterocycles. The molecule has 0 N–H and O–H groups in total. The molecule has 1 aromatic heterocycles. The third kappa shape index (κ3) is 3.22. The number of piperidine rings is 1. The largest absolute Gasteiger partial charge is 0.416 e. The van der Waals surface area contributed by atoms with E-state index in [9.17, 15) is 22.8 Å². The third-order valence-electron chi connectivity index (χ3n) is 4.93. The summed E-state index contributed by atoms with van der Waals surface area (Å²) in [6, 6.07) is 7.88. The van der Waals surface area contributed by atoms with Gasteiger partial charge in [-0.2, -0.15) is 13.2 Å². The van der Waals surface area contributed by atoms with Crippen molar-refractivity contribution in [2.24, 2.45) is 0 Å². The maximum Gasteiger partial charge on any atom is 0.416 e. The van der Waals surface area contributed by atoms with Crippen molar-refractivity contribution in [3.8, 4) is 0 Å². The Kier molecular flexibility index (Phi) is 4.74. The molecule has 0 unspecified atom stereocenters. The summed E-state index contributed by atoms with van der Waals surface area (Å²) in [6.45, 7) is 1.30. The molecule has 0 atom stereocenters. The first kappa shape index (κ1) is 18.7. The molecule has 4 nitrogen and oxygen atoms in total. The van der Waals surface area contributed by atoms with Crippen LogP contribution in [0.3, 0.4) is 0 Å². The lowest BCUT2D eigenvalue weighted by Crippen LogP contribution is -2.37. The minimum atomic E-state index is -4.55. The fourth-order valence-corrected chi connectivity index (χ4v) is 4.39. The predicted molar refractivity (Wildman–Crippen MR) is 101 cm³/mol. The predicted octanol–water partition coefficient (Wildman–Crippen LogP) is 4.54. The zero-order valence-corrected chi connectivity index (χ0v) is 15.6. The van der Waals surface area contributed by atoms with Crippen LogP contribution in [0.15, 0.2) is 47.5 Å². The van der Waals surface area contributed by atoms with Gasteiger partial charge in [0.1, 0.15) is 5.70 Å². The van der Waals surface area contributed by atoms with Crippen LogP contribution in [0.2, 0.25) is 0 Å². The van der Waals surface area contributed by atoms with Gasteiger partial charge in [-0.1, -0.05) is 12.1 Å². The van der Waals surface area contributed by atoms with Crippen molar-refractivity contribution in [2.45, 2.75) is 25.4 Å². The summed E-state index contributed by atoms with van der Waals surface area (Å²) in [5.74, 6) is -1.14. The summed E-state index contributed by atoms with van der Waals surface area (Å²) >= 11 is 1.33. The minimum absolute atomic E-state index is 0.0640. The second-order valence-corrected chi connectivity index (χ2v) is 7.69. The Bertz CT molecular complexity index is 945. The summed E-state index contributed by atoms with van der Waals surface area (Å²) < 4.78 is 39.3. The Hall–Kier alpha value is -2.61. The Labute approximate surface area is 163 Å². The van der Waals surface area contributed by atoms with Crippen molar-refractivity contribution in [3.63, 3.8) is 0 Å². The number of carbonyl (C=O) groups excluding carboxylic acids is 2. The lowest BCUT2D eigenvalue weighted by atomic mass is 10.1. The van der Waals surface area contributed by atoms with Gasteiger partial charge in [0.05, 0.1) is 16.8 Å². The number of thiophene rings is 1. The van der Waals surface area contributed by atoms with Gasteiger partial charge in [0, 0.05) is 18.0 Å². The Morgan fingerprint density at radius 3 is 2.32 bits per heavy atom. The molecular formula is C20H17F3N2O2S. The molecule has 2 aliphatic rings. The van der Waals surface area contributed by atoms with Crippen LogP contribution < -0.4 is 4.90 Å². The van der Waals surface area contributed by atoms with E-state index in [-0.39, 0.29) is 11.3 Å². The van der Waals surface area contributed by atoms with Crippen LogP contribution in [0.5, 0.6) is 0 Å². The van der Waals surface area contributed by atoms with Gasteiger partial charge in [0.2, 0.25) is 0 Å². The van der Waals surface area contributed by atoms with E-state index in [0.717, 1.165) is 36.3 Å². The number of alkyl halides is 3. The highest BCUT2D eigenvalue weighted by molar-refractivity contribution is 7.11. The van der Waals surface area contributed by atoms with Crippen LogP contribution >= 0.6 is 11.3 Å². The first-order valence-corrected chi connectivity index (χ1v) is 9.85. The number of likely N-dealkylation sites (tertiary alicyclic amines) is 1. The number of anilines is 1. The summed E-state index contributed by atoms with van der Waals surface area (Å²) in [5, 5.41) is 1.81. The van der Waals surface area contributed by atoms with Gasteiger partial charge in [-0.05, 0) is 48.9 Å². The van der Waals surface area contributed by atoms with Crippen molar-refractivity contribution >= 4 is 34.4 Å². The number of halogens is 3. The number of rotatable bonds is 3. The first-order valence-electron chi connectivity index (χ1n) is 8.97. The van der Waals surface area contributed by atoms with E-state index in [1.807, 2.05) is 4.90 Å². The molecule has 0 saturated carbocycles. The molecular weight excluding hydrogens is 389 g/mol. The molecule has 146 valence electrons. The Morgan fingerprint density at radius 2 is 1.68 bits per heavy atom. The summed E-state index contributed by atoms with van der Waals surface area (Å²) in [4.78, 5) is 29.8. The molecule has 8 heteroatoms. The van der Waals surface area contributed by atoms with Crippen LogP contribution in [0.1, 0.15) is 29.7 Å². The lowest BCUT2D eigenvalue weighted by Gasteiger charge is -2.29. The molecule has 0 spiro atoms. The molecule has 0 aliphatic carbocycles. The molecule has 2 amide bonds. The number of imide groups is 1. The average molecular weight is 406 g/mol. The van der Waals surface area contributed by atoms with Crippen molar-refractivity contribution in [1.82, 2.24) is 4.90 Å². The normalized spacial score (nSPS) is 18.4. The monoisotopic (exact) mass is 406 g/mol.